The Hall–Kier alpha value is -0.350. The molecular weight excluding hydrogens is 292 g/mol. The molecule has 0 radical (unpaired) electrons. The molecule has 1 fully saturated rings. The van der Waals surface area contributed by atoms with Gasteiger partial charge >= 0.3 is 0 Å². The smallest absolute Gasteiger partial charge is 0.0900 e. The van der Waals surface area contributed by atoms with Gasteiger partial charge in [0.1, 0.15) is 0 Å². The number of rotatable bonds is 3. The Morgan fingerprint density at radius 2 is 2.00 bits per heavy atom. The Morgan fingerprint density at radius 3 is 2.50 bits per heavy atom. The van der Waals surface area contributed by atoms with Crippen molar-refractivity contribution in [3.05, 3.63) is 15.9 Å². The second kappa shape index (κ2) is 5.33. The van der Waals surface area contributed by atoms with Gasteiger partial charge in [0.2, 0.25) is 0 Å². The van der Waals surface area contributed by atoms with E-state index in [4.69, 9.17) is 4.74 Å². The van der Waals surface area contributed by atoms with Gasteiger partial charge in [-0.15, -0.1) is 0 Å². The standard InChI is InChI=1S/C14H23BrN2O/c1-10-13(15)12(17(4)16-10)9-18-11-5-7-14(2,3)8-6-11/h11H,5-9H2,1-4H3. The summed E-state index contributed by atoms with van der Waals surface area (Å²) in [4.78, 5) is 0. The van der Waals surface area contributed by atoms with Gasteiger partial charge in [0, 0.05) is 7.05 Å². The summed E-state index contributed by atoms with van der Waals surface area (Å²) in [5.41, 5.74) is 2.67. The molecule has 0 aromatic carbocycles. The predicted octanol–water partition coefficient (Wildman–Crippen LogP) is 3.98. The summed E-state index contributed by atoms with van der Waals surface area (Å²) in [7, 11) is 1.97. The first kappa shape index (κ1) is 14.1. The number of nitrogens with zero attached hydrogens (tertiary/aromatic N) is 2. The third-order valence-electron chi connectivity index (χ3n) is 4.00. The number of ether oxygens (including phenoxy) is 1. The maximum Gasteiger partial charge on any atom is 0.0900 e. The average Bonchev–Trinajstić information content (AvgIpc) is 2.53. The van der Waals surface area contributed by atoms with Crippen LogP contribution in [0.15, 0.2) is 4.47 Å². The third-order valence-corrected chi connectivity index (χ3v) is 5.04. The van der Waals surface area contributed by atoms with Crippen molar-refractivity contribution in [2.24, 2.45) is 12.5 Å². The molecule has 0 atom stereocenters. The lowest BCUT2D eigenvalue weighted by Crippen LogP contribution is -2.26. The lowest BCUT2D eigenvalue weighted by atomic mass is 9.76. The highest BCUT2D eigenvalue weighted by Crippen LogP contribution is 2.36. The SMILES string of the molecule is Cc1nn(C)c(COC2CCC(C)(C)CC2)c1Br. The lowest BCUT2D eigenvalue weighted by molar-refractivity contribution is -0.00819. The molecule has 102 valence electrons. The summed E-state index contributed by atoms with van der Waals surface area (Å²) in [5, 5.41) is 4.39. The highest BCUT2D eigenvalue weighted by atomic mass is 79.9. The lowest BCUT2D eigenvalue weighted by Gasteiger charge is -2.34. The van der Waals surface area contributed by atoms with E-state index in [-0.39, 0.29) is 0 Å². The summed E-state index contributed by atoms with van der Waals surface area (Å²) in [5.74, 6) is 0. The maximum atomic E-state index is 6.05. The summed E-state index contributed by atoms with van der Waals surface area (Å²) in [6.07, 6.45) is 5.32. The Balaban J connectivity index is 1.89. The second-order valence-corrected chi connectivity index (χ2v) is 6.94. The van der Waals surface area contributed by atoms with Crippen LogP contribution >= 0.6 is 15.9 Å². The van der Waals surface area contributed by atoms with Crippen molar-refractivity contribution in [2.45, 2.75) is 59.2 Å². The molecule has 0 N–H and O–H groups in total. The summed E-state index contributed by atoms with van der Waals surface area (Å²) < 4.78 is 9.04. The molecule has 2 rings (SSSR count). The van der Waals surface area contributed by atoms with E-state index in [1.165, 1.54) is 25.7 Å². The fraction of sp³-hybridized carbons (Fsp3) is 0.786. The van der Waals surface area contributed by atoms with Gasteiger partial charge in [0.05, 0.1) is 28.6 Å². The van der Waals surface area contributed by atoms with Crippen LogP contribution in [0, 0.1) is 12.3 Å². The van der Waals surface area contributed by atoms with Crippen LogP contribution in [0.5, 0.6) is 0 Å². The molecule has 0 unspecified atom stereocenters. The van der Waals surface area contributed by atoms with Crippen LogP contribution in [0.1, 0.15) is 50.9 Å². The molecule has 0 bridgehead atoms. The van der Waals surface area contributed by atoms with Crippen LogP contribution < -0.4 is 0 Å². The number of aromatic nitrogens is 2. The Kier molecular flexibility index (Phi) is 4.17. The van der Waals surface area contributed by atoms with Gasteiger partial charge in [0.25, 0.3) is 0 Å². The molecule has 1 aliphatic carbocycles. The minimum Gasteiger partial charge on any atom is -0.372 e. The molecule has 1 aromatic rings. The van der Waals surface area contributed by atoms with Crippen LogP contribution in [-0.4, -0.2) is 15.9 Å². The summed E-state index contributed by atoms with van der Waals surface area (Å²) >= 11 is 3.58. The Labute approximate surface area is 118 Å². The van der Waals surface area contributed by atoms with Gasteiger partial charge in [-0.2, -0.15) is 5.10 Å². The highest BCUT2D eigenvalue weighted by molar-refractivity contribution is 9.10. The zero-order chi connectivity index (χ0) is 13.3. The number of halogens is 1. The van der Waals surface area contributed by atoms with Crippen molar-refractivity contribution in [3.63, 3.8) is 0 Å². The number of aryl methyl sites for hydroxylation is 2. The molecule has 0 amide bonds. The van der Waals surface area contributed by atoms with E-state index in [0.717, 1.165) is 15.9 Å². The molecule has 1 aliphatic rings. The Morgan fingerprint density at radius 1 is 1.39 bits per heavy atom. The summed E-state index contributed by atoms with van der Waals surface area (Å²) in [6.45, 7) is 7.37. The van der Waals surface area contributed by atoms with Gasteiger partial charge in [-0.25, -0.2) is 0 Å². The van der Waals surface area contributed by atoms with E-state index < -0.39 is 0 Å². The topological polar surface area (TPSA) is 27.1 Å². The van der Waals surface area contributed by atoms with E-state index in [9.17, 15) is 0 Å². The molecule has 0 spiro atoms. The molecule has 0 saturated heterocycles. The van der Waals surface area contributed by atoms with Crippen LogP contribution in [0.4, 0.5) is 0 Å². The normalized spacial score (nSPS) is 20.3. The van der Waals surface area contributed by atoms with Crippen molar-refractivity contribution in [1.82, 2.24) is 9.78 Å². The summed E-state index contributed by atoms with van der Waals surface area (Å²) in [6, 6.07) is 0. The molecule has 1 saturated carbocycles. The van der Waals surface area contributed by atoms with Crippen molar-refractivity contribution in [3.8, 4) is 0 Å². The highest BCUT2D eigenvalue weighted by Gasteiger charge is 2.27. The average molecular weight is 315 g/mol. The van der Waals surface area contributed by atoms with Crippen LogP contribution in [0.25, 0.3) is 0 Å². The molecule has 0 aliphatic heterocycles. The minimum absolute atomic E-state index is 0.417. The minimum atomic E-state index is 0.417. The predicted molar refractivity (Wildman–Crippen MR) is 76.5 cm³/mol. The maximum absolute atomic E-state index is 6.05. The molecule has 1 heterocycles. The monoisotopic (exact) mass is 314 g/mol. The zero-order valence-corrected chi connectivity index (χ0v) is 13.4. The first-order valence-corrected chi connectivity index (χ1v) is 7.48. The fourth-order valence-corrected chi connectivity index (χ4v) is 3.02. The first-order chi connectivity index (χ1) is 8.39. The van der Waals surface area contributed by atoms with E-state index in [2.05, 4.69) is 34.9 Å². The molecule has 4 heteroatoms. The molecule has 1 aromatic heterocycles. The zero-order valence-electron chi connectivity index (χ0n) is 11.8. The van der Waals surface area contributed by atoms with Gasteiger partial charge in [0.15, 0.2) is 0 Å². The van der Waals surface area contributed by atoms with Crippen LogP contribution in [0.2, 0.25) is 0 Å². The molecule has 18 heavy (non-hydrogen) atoms. The van der Waals surface area contributed by atoms with Crippen molar-refractivity contribution < 1.29 is 4.74 Å². The Bertz CT molecular complexity index is 416. The van der Waals surface area contributed by atoms with E-state index in [1.807, 2.05) is 18.7 Å². The van der Waals surface area contributed by atoms with Crippen LogP contribution in [0.3, 0.4) is 0 Å². The first-order valence-electron chi connectivity index (χ1n) is 6.68. The van der Waals surface area contributed by atoms with Gasteiger partial charge in [-0.05, 0) is 54.0 Å². The van der Waals surface area contributed by atoms with Crippen molar-refractivity contribution in [2.75, 3.05) is 0 Å². The van der Waals surface area contributed by atoms with E-state index in [1.54, 1.807) is 0 Å². The fourth-order valence-electron chi connectivity index (χ4n) is 2.57. The van der Waals surface area contributed by atoms with Crippen LogP contribution in [-0.2, 0) is 18.4 Å². The largest absolute Gasteiger partial charge is 0.372 e. The number of hydrogen-bond donors (Lipinski definition) is 0. The van der Waals surface area contributed by atoms with Crippen molar-refractivity contribution >= 4 is 15.9 Å². The van der Waals surface area contributed by atoms with Crippen molar-refractivity contribution in [1.29, 1.82) is 0 Å². The van der Waals surface area contributed by atoms with Gasteiger partial charge < -0.3 is 4.74 Å². The van der Waals surface area contributed by atoms with Gasteiger partial charge in [-0.3, -0.25) is 4.68 Å². The second-order valence-electron chi connectivity index (χ2n) is 6.14. The quantitative estimate of drug-likeness (QED) is 0.844. The molecule has 3 nitrogen and oxygen atoms in total. The van der Waals surface area contributed by atoms with Gasteiger partial charge in [-0.1, -0.05) is 13.8 Å². The van der Waals surface area contributed by atoms with E-state index in [0.29, 0.717) is 18.1 Å². The number of hydrogen-bond acceptors (Lipinski definition) is 2. The molecular formula is C14H23BrN2O. The third kappa shape index (κ3) is 3.15. The van der Waals surface area contributed by atoms with E-state index >= 15 is 0 Å².